The van der Waals surface area contributed by atoms with E-state index in [0.717, 1.165) is 41.2 Å². The van der Waals surface area contributed by atoms with E-state index in [-0.39, 0.29) is 29.0 Å². The molecule has 2 N–H and O–H groups in total. The zero-order chi connectivity index (χ0) is 27.5. The molecule has 1 unspecified atom stereocenters. The molecule has 5 rings (SSSR count). The van der Waals surface area contributed by atoms with Crippen molar-refractivity contribution in [2.24, 2.45) is 0 Å². The smallest absolute Gasteiger partial charge is 0.255 e. The number of benzene rings is 2. The Kier molecular flexibility index (Phi) is 7.67. The number of rotatable bonds is 9. The summed E-state index contributed by atoms with van der Waals surface area (Å²) in [5.74, 6) is 0.983. The van der Waals surface area contributed by atoms with Gasteiger partial charge in [-0.05, 0) is 42.7 Å². The summed E-state index contributed by atoms with van der Waals surface area (Å²) >= 11 is 0. The zero-order valence-corrected chi connectivity index (χ0v) is 22.6. The number of halogens is 1. The van der Waals surface area contributed by atoms with Crippen molar-refractivity contribution in [3.05, 3.63) is 71.2 Å². The van der Waals surface area contributed by atoms with Crippen LogP contribution >= 0.6 is 0 Å². The molecule has 2 aromatic carbocycles. The fraction of sp³-hybridized carbons (Fsp3) is 0.367. The molecule has 2 amide bonds. The number of carbonyl (C=O) groups excluding carboxylic acids is 2. The van der Waals surface area contributed by atoms with Gasteiger partial charge in [0, 0.05) is 75.5 Å². The van der Waals surface area contributed by atoms with Gasteiger partial charge in [-0.1, -0.05) is 18.2 Å². The van der Waals surface area contributed by atoms with Crippen LogP contribution in [0.3, 0.4) is 0 Å². The third-order valence-corrected chi connectivity index (χ3v) is 7.42. The number of hydrogen-bond donors (Lipinski definition) is 2. The van der Waals surface area contributed by atoms with Gasteiger partial charge >= 0.3 is 0 Å². The molecule has 8 nitrogen and oxygen atoms in total. The number of nitrogens with zero attached hydrogens (tertiary/aromatic N) is 3. The number of methoxy groups -OCH3 is 1. The van der Waals surface area contributed by atoms with E-state index in [1.54, 1.807) is 33.5 Å². The predicted molar refractivity (Wildman–Crippen MR) is 150 cm³/mol. The van der Waals surface area contributed by atoms with Crippen molar-refractivity contribution in [1.82, 2.24) is 14.8 Å². The number of fused-ring (bicyclic) bond motifs is 1. The summed E-state index contributed by atoms with van der Waals surface area (Å²) in [6, 6.07) is 13.1. The van der Waals surface area contributed by atoms with E-state index >= 15 is 4.39 Å². The minimum absolute atomic E-state index is 0.0275. The van der Waals surface area contributed by atoms with Gasteiger partial charge in [-0.15, -0.1) is 0 Å². The molecule has 1 aromatic heterocycles. The molecule has 1 fully saturated rings. The van der Waals surface area contributed by atoms with Crippen molar-refractivity contribution >= 4 is 23.3 Å². The van der Waals surface area contributed by atoms with Gasteiger partial charge in [0.25, 0.3) is 5.91 Å². The largest absolute Gasteiger partial charge is 0.496 e. The topological polar surface area (TPSA) is 86.8 Å². The standard InChI is InChI=1S/C30H34FN5O3/c1-35(2)30(38)23-14-19(16-25(31)28(23)32-11-7-13-36-12-6-10-27(36)37)20-15-22-24(18-34-29(22)33-17-20)21-8-4-5-9-26(21)39-3/h4-5,8-9,14-17,24,32H,6-7,10-13,18H2,1-3H3,(H,33,34). The summed E-state index contributed by atoms with van der Waals surface area (Å²) in [5.41, 5.74) is 3.78. The van der Waals surface area contributed by atoms with Crippen molar-refractivity contribution in [2.45, 2.75) is 25.2 Å². The molecule has 0 aliphatic carbocycles. The van der Waals surface area contributed by atoms with Gasteiger partial charge in [-0.3, -0.25) is 9.59 Å². The summed E-state index contributed by atoms with van der Waals surface area (Å²) in [4.78, 5) is 32.9. The van der Waals surface area contributed by atoms with Crippen molar-refractivity contribution < 1.29 is 18.7 Å². The van der Waals surface area contributed by atoms with Crippen LogP contribution < -0.4 is 15.4 Å². The minimum atomic E-state index is -0.505. The van der Waals surface area contributed by atoms with Crippen molar-refractivity contribution in [3.63, 3.8) is 0 Å². The van der Waals surface area contributed by atoms with Gasteiger partial charge in [0.1, 0.15) is 17.4 Å². The summed E-state index contributed by atoms with van der Waals surface area (Å²) in [7, 11) is 4.96. The van der Waals surface area contributed by atoms with Crippen molar-refractivity contribution in [3.8, 4) is 16.9 Å². The summed E-state index contributed by atoms with van der Waals surface area (Å²) < 4.78 is 21.2. The van der Waals surface area contributed by atoms with Gasteiger partial charge in [-0.25, -0.2) is 9.37 Å². The average molecular weight is 532 g/mol. The van der Waals surface area contributed by atoms with Crippen LogP contribution in [0.25, 0.3) is 11.1 Å². The first-order valence-corrected chi connectivity index (χ1v) is 13.3. The maximum atomic E-state index is 15.6. The first-order chi connectivity index (χ1) is 18.9. The molecule has 1 saturated heterocycles. The second-order valence-corrected chi connectivity index (χ2v) is 10.2. The number of ether oxygens (including phenoxy) is 1. The Balaban J connectivity index is 1.43. The fourth-order valence-corrected chi connectivity index (χ4v) is 5.38. The first-order valence-electron chi connectivity index (χ1n) is 13.3. The van der Waals surface area contributed by atoms with Gasteiger partial charge in [0.15, 0.2) is 0 Å². The fourth-order valence-electron chi connectivity index (χ4n) is 5.38. The normalized spacial score (nSPS) is 16.2. The zero-order valence-electron chi connectivity index (χ0n) is 22.6. The van der Waals surface area contributed by atoms with E-state index in [4.69, 9.17) is 4.74 Å². The lowest BCUT2D eigenvalue weighted by molar-refractivity contribution is -0.127. The maximum Gasteiger partial charge on any atom is 0.255 e. The quantitative estimate of drug-likeness (QED) is 0.393. The van der Waals surface area contributed by atoms with Crippen molar-refractivity contribution in [2.75, 3.05) is 58.0 Å². The second kappa shape index (κ2) is 11.3. The molecule has 2 aliphatic rings. The van der Waals surface area contributed by atoms with Crippen LogP contribution in [-0.2, 0) is 4.79 Å². The number of aromatic nitrogens is 1. The number of carbonyl (C=O) groups is 2. The molecular formula is C30H34FN5O3. The van der Waals surface area contributed by atoms with Gasteiger partial charge in [0.05, 0.1) is 18.4 Å². The van der Waals surface area contributed by atoms with E-state index in [9.17, 15) is 9.59 Å². The Hall–Kier alpha value is -4.14. The lowest BCUT2D eigenvalue weighted by Crippen LogP contribution is -2.27. The Morgan fingerprint density at radius 2 is 2.03 bits per heavy atom. The van der Waals surface area contributed by atoms with Crippen LogP contribution in [0.5, 0.6) is 5.75 Å². The predicted octanol–water partition coefficient (Wildman–Crippen LogP) is 4.58. The summed E-state index contributed by atoms with van der Waals surface area (Å²) in [6.45, 7) is 2.51. The monoisotopic (exact) mass is 531 g/mol. The van der Waals surface area contributed by atoms with E-state index in [1.807, 2.05) is 35.2 Å². The lowest BCUT2D eigenvalue weighted by Gasteiger charge is -2.19. The van der Waals surface area contributed by atoms with Gasteiger partial charge in [0.2, 0.25) is 5.91 Å². The number of hydrogen-bond acceptors (Lipinski definition) is 6. The SMILES string of the molecule is COc1ccccc1C1CNc2ncc(-c3cc(F)c(NCCCN4CCCC4=O)c(C(=O)N(C)C)c3)cc21. The van der Waals surface area contributed by atoms with Gasteiger partial charge < -0.3 is 25.2 Å². The Labute approximate surface area is 228 Å². The van der Waals surface area contributed by atoms with Crippen LogP contribution in [0.4, 0.5) is 15.9 Å². The average Bonchev–Trinajstić information content (AvgIpc) is 3.56. The van der Waals surface area contributed by atoms with E-state index in [0.29, 0.717) is 38.0 Å². The molecule has 0 saturated carbocycles. The molecule has 3 aromatic rings. The van der Waals surface area contributed by atoms with Crippen molar-refractivity contribution in [1.29, 1.82) is 0 Å². The molecule has 0 radical (unpaired) electrons. The second-order valence-electron chi connectivity index (χ2n) is 10.2. The third-order valence-electron chi connectivity index (χ3n) is 7.42. The van der Waals surface area contributed by atoms with Crippen LogP contribution in [0, 0.1) is 5.82 Å². The number of amides is 2. The molecule has 204 valence electrons. The molecular weight excluding hydrogens is 497 g/mol. The molecule has 0 bridgehead atoms. The third kappa shape index (κ3) is 5.39. The van der Waals surface area contributed by atoms with E-state index in [2.05, 4.69) is 15.6 Å². The number of anilines is 2. The molecule has 2 aliphatic heterocycles. The highest BCUT2D eigenvalue weighted by Gasteiger charge is 2.28. The molecule has 39 heavy (non-hydrogen) atoms. The van der Waals surface area contributed by atoms with E-state index < -0.39 is 5.82 Å². The van der Waals surface area contributed by atoms with Crippen LogP contribution in [-0.4, -0.2) is 74.0 Å². The van der Waals surface area contributed by atoms with Crippen LogP contribution in [0.2, 0.25) is 0 Å². The Morgan fingerprint density at radius 3 is 2.77 bits per heavy atom. The minimum Gasteiger partial charge on any atom is -0.496 e. The summed E-state index contributed by atoms with van der Waals surface area (Å²) in [5, 5.41) is 6.48. The highest BCUT2D eigenvalue weighted by atomic mass is 19.1. The van der Waals surface area contributed by atoms with Crippen LogP contribution in [0.1, 0.15) is 46.7 Å². The number of pyridine rings is 1. The first kappa shape index (κ1) is 26.5. The highest BCUT2D eigenvalue weighted by Crippen LogP contribution is 2.41. The molecule has 9 heteroatoms. The lowest BCUT2D eigenvalue weighted by atomic mass is 9.91. The maximum absolute atomic E-state index is 15.6. The van der Waals surface area contributed by atoms with Gasteiger partial charge in [-0.2, -0.15) is 0 Å². The molecule has 1 atom stereocenters. The highest BCUT2D eigenvalue weighted by molar-refractivity contribution is 6.01. The van der Waals surface area contributed by atoms with Crippen LogP contribution in [0.15, 0.2) is 48.7 Å². The Bertz CT molecular complexity index is 1390. The molecule has 0 spiro atoms. The Morgan fingerprint density at radius 1 is 1.21 bits per heavy atom. The molecule has 3 heterocycles. The summed E-state index contributed by atoms with van der Waals surface area (Å²) in [6.07, 6.45) is 3.85. The number of likely N-dealkylation sites (tertiary alicyclic amines) is 1. The number of para-hydroxylation sites is 1. The number of nitrogens with one attached hydrogen (secondary N) is 2. The van der Waals surface area contributed by atoms with E-state index in [1.165, 1.54) is 11.0 Å².